The molecule has 8 heteroatoms. The van der Waals surface area contributed by atoms with Gasteiger partial charge in [0, 0.05) is 13.2 Å². The molecule has 2 heterocycles. The van der Waals surface area contributed by atoms with Crippen LogP contribution in [0.25, 0.3) is 0 Å². The van der Waals surface area contributed by atoms with Gasteiger partial charge in [0.05, 0.1) is 17.9 Å². The van der Waals surface area contributed by atoms with Crippen molar-refractivity contribution in [1.82, 2.24) is 9.80 Å². The molecule has 0 radical (unpaired) electrons. The fourth-order valence-electron chi connectivity index (χ4n) is 9.54. The molecule has 2 aliphatic rings. The molecule has 2 rings (SSSR count). The third-order valence-electron chi connectivity index (χ3n) is 15.3. The molecule has 2 saturated heterocycles. The fourth-order valence-corrected chi connectivity index (χ4v) is 10.6. The average Bonchev–Trinajstić information content (AvgIpc) is 3.24. The number of piperidine rings is 2. The van der Waals surface area contributed by atoms with Gasteiger partial charge in [-0.25, -0.2) is 0 Å². The molecule has 0 amide bonds. The largest absolute Gasteiger partial charge is 0.464 e. The van der Waals surface area contributed by atoms with E-state index in [1.807, 2.05) is 0 Å². The Hall–Kier alpha value is -0.963. The van der Waals surface area contributed by atoms with Gasteiger partial charge < -0.3 is 18.8 Å². The number of esters is 2. The SMILES string of the molecule is CCCCCCCC(CCCCCCC)C(=O)OCC(COC(=O)C(CCCCCCC)CCCCCCC)N1CCC2(CCN(CCCO[Si](C)(C)C(C)(C)C)CC2)CC1. The molecule has 7 nitrogen and oxygen atoms in total. The molecule has 0 N–H and O–H groups in total. The van der Waals surface area contributed by atoms with Crippen LogP contribution in [0.2, 0.25) is 18.1 Å². The highest BCUT2D eigenvalue weighted by Gasteiger charge is 2.40. The molecular formula is C53H104N2O5Si. The number of hydrogen-bond acceptors (Lipinski definition) is 7. The third-order valence-corrected chi connectivity index (χ3v) is 19.8. The Labute approximate surface area is 380 Å². The number of carbonyl (C=O) groups is 2. The van der Waals surface area contributed by atoms with E-state index < -0.39 is 8.32 Å². The zero-order valence-electron chi connectivity index (χ0n) is 42.3. The van der Waals surface area contributed by atoms with Crippen molar-refractivity contribution in [2.75, 3.05) is 52.5 Å². The second-order valence-corrected chi connectivity index (χ2v) is 26.3. The average molecular weight is 878 g/mol. The summed E-state index contributed by atoms with van der Waals surface area (Å²) in [7, 11) is -1.69. The minimum absolute atomic E-state index is 0.0186. The van der Waals surface area contributed by atoms with Crippen LogP contribution < -0.4 is 0 Å². The van der Waals surface area contributed by atoms with Crippen LogP contribution in [0.5, 0.6) is 0 Å². The Morgan fingerprint density at radius 3 is 1.26 bits per heavy atom. The summed E-state index contributed by atoms with van der Waals surface area (Å²) < 4.78 is 19.1. The lowest BCUT2D eigenvalue weighted by Gasteiger charge is -2.48. The number of nitrogens with zero attached hydrogens (tertiary/aromatic N) is 2. The van der Waals surface area contributed by atoms with Crippen molar-refractivity contribution < 1.29 is 23.5 Å². The number of rotatable bonds is 36. The highest BCUT2D eigenvalue weighted by Crippen LogP contribution is 2.42. The van der Waals surface area contributed by atoms with Gasteiger partial charge in [-0.2, -0.15) is 0 Å². The van der Waals surface area contributed by atoms with Crippen LogP contribution in [0.1, 0.15) is 235 Å². The van der Waals surface area contributed by atoms with Crippen LogP contribution in [-0.4, -0.2) is 88.6 Å². The molecule has 0 bridgehead atoms. The van der Waals surface area contributed by atoms with E-state index >= 15 is 0 Å². The summed E-state index contributed by atoms with van der Waals surface area (Å²) in [6.07, 6.45) is 33.9. The van der Waals surface area contributed by atoms with E-state index in [4.69, 9.17) is 13.9 Å². The van der Waals surface area contributed by atoms with Gasteiger partial charge in [0.15, 0.2) is 8.32 Å². The molecule has 2 fully saturated rings. The standard InChI is InChI=1S/C53H104N2O5Si/c1-10-14-18-22-26-31-47(32-27-23-19-15-11-2)50(56)58-45-49(46-59-51(57)48(33-28-24-20-16-12-3)34-29-25-21-17-13-4)55-42-37-53(38-43-55)35-40-54(41-36-53)39-30-44-60-61(8,9)52(5,6)7/h47-49H,10-46H2,1-9H3. The lowest BCUT2D eigenvalue weighted by atomic mass is 9.71. The maximum Gasteiger partial charge on any atom is 0.308 e. The summed E-state index contributed by atoms with van der Waals surface area (Å²) in [5.74, 6) is -0.0841. The molecule has 1 spiro atoms. The first-order chi connectivity index (χ1) is 29.3. The number of likely N-dealkylation sites (tertiary alicyclic amines) is 2. The molecule has 0 aliphatic carbocycles. The van der Waals surface area contributed by atoms with Crippen LogP contribution in [0.4, 0.5) is 0 Å². The van der Waals surface area contributed by atoms with Crippen LogP contribution in [0.15, 0.2) is 0 Å². The van der Waals surface area contributed by atoms with Crippen molar-refractivity contribution in [1.29, 1.82) is 0 Å². The van der Waals surface area contributed by atoms with Crippen LogP contribution in [0.3, 0.4) is 0 Å². The van der Waals surface area contributed by atoms with Gasteiger partial charge in [-0.15, -0.1) is 0 Å². The number of carbonyl (C=O) groups excluding carboxylic acids is 2. The van der Waals surface area contributed by atoms with Crippen molar-refractivity contribution in [3.8, 4) is 0 Å². The van der Waals surface area contributed by atoms with E-state index in [1.165, 1.54) is 142 Å². The summed E-state index contributed by atoms with van der Waals surface area (Å²) in [4.78, 5) is 33.0. The maximum absolute atomic E-state index is 13.9. The fraction of sp³-hybridized carbons (Fsp3) is 0.962. The van der Waals surface area contributed by atoms with Crippen molar-refractivity contribution >= 4 is 20.3 Å². The van der Waals surface area contributed by atoms with E-state index in [1.54, 1.807) is 0 Å². The first-order valence-corrected chi connectivity index (χ1v) is 29.7. The van der Waals surface area contributed by atoms with E-state index in [2.05, 4.69) is 71.4 Å². The number of hydrogen-bond donors (Lipinski definition) is 0. The lowest BCUT2D eigenvalue weighted by molar-refractivity contribution is -0.156. The van der Waals surface area contributed by atoms with E-state index in [0.29, 0.717) is 18.6 Å². The third kappa shape index (κ3) is 23.7. The van der Waals surface area contributed by atoms with Gasteiger partial charge in [0.25, 0.3) is 0 Å². The van der Waals surface area contributed by atoms with Crippen molar-refractivity contribution in [2.45, 2.75) is 259 Å². The summed E-state index contributed by atoms with van der Waals surface area (Å²) in [6.45, 7) is 27.7. The van der Waals surface area contributed by atoms with Gasteiger partial charge in [0.2, 0.25) is 0 Å². The van der Waals surface area contributed by atoms with Crippen molar-refractivity contribution in [3.05, 3.63) is 0 Å². The van der Waals surface area contributed by atoms with Crippen LogP contribution in [-0.2, 0) is 23.5 Å². The normalized spacial score (nSPS) is 16.7. The summed E-state index contributed by atoms with van der Waals surface area (Å²) in [5, 5.41) is 0.259. The smallest absolute Gasteiger partial charge is 0.308 e. The highest BCUT2D eigenvalue weighted by molar-refractivity contribution is 6.74. The minimum atomic E-state index is -1.69. The lowest BCUT2D eigenvalue weighted by Crippen LogP contribution is -2.52. The Bertz CT molecular complexity index is 1020. The predicted octanol–water partition coefficient (Wildman–Crippen LogP) is 14.7. The Morgan fingerprint density at radius 1 is 0.541 bits per heavy atom. The van der Waals surface area contributed by atoms with Gasteiger partial charge in [-0.1, -0.05) is 177 Å². The van der Waals surface area contributed by atoms with Crippen LogP contribution in [0, 0.1) is 17.3 Å². The molecule has 61 heavy (non-hydrogen) atoms. The monoisotopic (exact) mass is 877 g/mol. The predicted molar refractivity (Wildman–Crippen MR) is 263 cm³/mol. The zero-order chi connectivity index (χ0) is 44.8. The summed E-state index contributed by atoms with van der Waals surface area (Å²) in [5.41, 5.74) is 0.393. The zero-order valence-corrected chi connectivity index (χ0v) is 43.3. The molecule has 2 aliphatic heterocycles. The molecule has 360 valence electrons. The second-order valence-electron chi connectivity index (χ2n) is 21.5. The van der Waals surface area contributed by atoms with E-state index in [-0.39, 0.29) is 34.9 Å². The number of unbranched alkanes of at least 4 members (excludes halogenated alkanes) is 16. The maximum atomic E-state index is 13.9. The Balaban J connectivity index is 2.08. The van der Waals surface area contributed by atoms with E-state index in [0.717, 1.165) is 84.0 Å². The molecule has 0 atom stereocenters. The van der Waals surface area contributed by atoms with Gasteiger partial charge in [-0.05, 0) is 108 Å². The topological polar surface area (TPSA) is 68.3 Å². The quantitative estimate of drug-likeness (QED) is 0.0353. The highest BCUT2D eigenvalue weighted by atomic mass is 28.4. The van der Waals surface area contributed by atoms with Crippen LogP contribution >= 0.6 is 0 Å². The molecular weight excluding hydrogens is 773 g/mol. The first kappa shape index (κ1) is 56.2. The van der Waals surface area contributed by atoms with E-state index in [9.17, 15) is 9.59 Å². The van der Waals surface area contributed by atoms with Crippen molar-refractivity contribution in [2.24, 2.45) is 17.3 Å². The first-order valence-electron chi connectivity index (χ1n) is 26.7. The molecule has 0 aromatic rings. The second kappa shape index (κ2) is 32.7. The van der Waals surface area contributed by atoms with Crippen molar-refractivity contribution in [3.63, 3.8) is 0 Å². The van der Waals surface area contributed by atoms with Gasteiger partial charge in [-0.3, -0.25) is 14.5 Å². The Morgan fingerprint density at radius 2 is 0.902 bits per heavy atom. The summed E-state index contributed by atoms with van der Waals surface area (Å²) >= 11 is 0. The van der Waals surface area contributed by atoms with Gasteiger partial charge >= 0.3 is 11.9 Å². The van der Waals surface area contributed by atoms with Gasteiger partial charge in [0.1, 0.15) is 13.2 Å². The Kier molecular flexibility index (Phi) is 30.1. The molecule has 0 saturated carbocycles. The molecule has 0 aromatic heterocycles. The number of ether oxygens (including phenoxy) is 2. The molecule has 0 aromatic carbocycles. The summed E-state index contributed by atoms with van der Waals surface area (Å²) in [6, 6.07) is -0.0873. The molecule has 0 unspecified atom stereocenters. The minimum Gasteiger partial charge on any atom is -0.464 e.